The van der Waals surface area contributed by atoms with E-state index in [1.807, 2.05) is 17.6 Å². The van der Waals surface area contributed by atoms with E-state index >= 15 is 0 Å². The molecule has 4 aromatic rings. The molecule has 0 saturated carbocycles. The van der Waals surface area contributed by atoms with Gasteiger partial charge in [0.15, 0.2) is 23.1 Å². The SMILES string of the molecule is CCn1c(-c2nonc2N)nc2c(C#CC(C)(C)O)ncc(OCCCCCCCC(=O)NCCCCCc3cccc4c3C(=O)N(C3CCC(=O)NC3=O)C4=O)c21. The molecule has 0 spiro atoms. The minimum Gasteiger partial charge on any atom is -0.490 e. The Balaban J connectivity index is 0.883. The van der Waals surface area contributed by atoms with Gasteiger partial charge in [-0.3, -0.25) is 34.2 Å². The molecule has 5 N–H and O–H groups in total. The number of anilines is 1. The van der Waals surface area contributed by atoms with Crippen molar-refractivity contribution >= 4 is 46.4 Å². The predicted molar refractivity (Wildman–Crippen MR) is 211 cm³/mol. The lowest BCUT2D eigenvalue weighted by Crippen LogP contribution is -2.54. The summed E-state index contributed by atoms with van der Waals surface area (Å²) in [7, 11) is 0. The third-order valence-electron chi connectivity index (χ3n) is 10.1. The van der Waals surface area contributed by atoms with E-state index in [0.717, 1.165) is 61.8 Å². The molecule has 1 unspecified atom stereocenters. The zero-order chi connectivity index (χ0) is 41.4. The maximum absolute atomic E-state index is 13.3. The summed E-state index contributed by atoms with van der Waals surface area (Å²) in [6.45, 7) is 6.66. The average Bonchev–Trinajstić information content (AvgIpc) is 3.86. The summed E-state index contributed by atoms with van der Waals surface area (Å²) >= 11 is 0. The Morgan fingerprint density at radius 1 is 1.07 bits per heavy atom. The normalized spacial score (nSPS) is 15.4. The van der Waals surface area contributed by atoms with Crippen LogP contribution < -0.4 is 21.1 Å². The fourth-order valence-electron chi connectivity index (χ4n) is 7.19. The van der Waals surface area contributed by atoms with Crippen LogP contribution >= 0.6 is 0 Å². The molecule has 1 fully saturated rings. The summed E-state index contributed by atoms with van der Waals surface area (Å²) in [5.41, 5.74) is 7.98. The second kappa shape index (κ2) is 18.4. The van der Waals surface area contributed by atoms with E-state index in [0.29, 0.717) is 72.1 Å². The van der Waals surface area contributed by atoms with Crippen LogP contribution in [0.15, 0.2) is 29.0 Å². The maximum atomic E-state index is 13.3. The summed E-state index contributed by atoms with van der Waals surface area (Å²) in [6, 6.07) is 4.18. The van der Waals surface area contributed by atoms with Crippen molar-refractivity contribution in [2.45, 2.75) is 116 Å². The van der Waals surface area contributed by atoms with Gasteiger partial charge in [0, 0.05) is 25.9 Å². The van der Waals surface area contributed by atoms with Crippen molar-refractivity contribution in [1.29, 1.82) is 0 Å². The molecule has 3 aromatic heterocycles. The lowest BCUT2D eigenvalue weighted by atomic mass is 9.98. The summed E-state index contributed by atoms with van der Waals surface area (Å²) in [5, 5.41) is 23.0. The average molecular weight is 796 g/mol. The van der Waals surface area contributed by atoms with Crippen molar-refractivity contribution in [3.05, 3.63) is 46.8 Å². The van der Waals surface area contributed by atoms with Crippen LogP contribution in [0, 0.1) is 11.8 Å². The number of aromatic nitrogens is 5. The number of carbonyl (C=O) groups excluding carboxylic acids is 5. The quantitative estimate of drug-likeness (QED) is 0.0637. The lowest BCUT2D eigenvalue weighted by Gasteiger charge is -2.27. The van der Waals surface area contributed by atoms with Gasteiger partial charge < -0.3 is 25.5 Å². The van der Waals surface area contributed by atoms with Crippen LogP contribution in [-0.4, -0.2) is 89.2 Å². The monoisotopic (exact) mass is 795 g/mol. The van der Waals surface area contributed by atoms with Crippen LogP contribution in [0.2, 0.25) is 0 Å². The predicted octanol–water partition coefficient (Wildman–Crippen LogP) is 3.86. The van der Waals surface area contributed by atoms with Crippen molar-refractivity contribution < 1.29 is 38.4 Å². The summed E-state index contributed by atoms with van der Waals surface area (Å²) in [6.07, 6.45) is 9.57. The third-order valence-corrected chi connectivity index (χ3v) is 10.1. The van der Waals surface area contributed by atoms with E-state index in [9.17, 15) is 29.1 Å². The second-order valence-corrected chi connectivity index (χ2v) is 15.0. The summed E-state index contributed by atoms with van der Waals surface area (Å²) in [5.74, 6) is 4.78. The number of nitrogens with two attached hydrogens (primary N) is 1. The van der Waals surface area contributed by atoms with Crippen molar-refractivity contribution in [2.24, 2.45) is 0 Å². The molecule has 0 bridgehead atoms. The number of pyridine rings is 1. The number of aryl methyl sites for hydroxylation is 2. The number of nitrogens with zero attached hydrogens (tertiary/aromatic N) is 6. The molecular formula is C41H49N9O8. The minimum atomic E-state index is -1.22. The number of hydrogen-bond donors (Lipinski definition) is 4. The zero-order valence-corrected chi connectivity index (χ0v) is 33.1. The van der Waals surface area contributed by atoms with Crippen molar-refractivity contribution in [1.82, 2.24) is 40.4 Å². The first-order valence-corrected chi connectivity index (χ1v) is 19.8. The third kappa shape index (κ3) is 9.51. The fourth-order valence-corrected chi connectivity index (χ4v) is 7.19. The van der Waals surface area contributed by atoms with Crippen LogP contribution in [0.3, 0.4) is 0 Å². The molecule has 1 saturated heterocycles. The number of fused-ring (bicyclic) bond motifs is 2. The van der Waals surface area contributed by atoms with Gasteiger partial charge in [0.05, 0.1) is 23.9 Å². The van der Waals surface area contributed by atoms with Crippen molar-refractivity contribution in [2.75, 3.05) is 18.9 Å². The number of imidazole rings is 1. The van der Waals surface area contributed by atoms with Crippen LogP contribution in [0.1, 0.15) is 123 Å². The topological polar surface area (TPSA) is 238 Å². The fraction of sp³-hybridized carbons (Fsp3) is 0.488. The zero-order valence-electron chi connectivity index (χ0n) is 33.1. The Bertz CT molecular complexity index is 2260. The van der Waals surface area contributed by atoms with Gasteiger partial charge in [-0.05, 0) is 87.2 Å². The highest BCUT2D eigenvalue weighted by atomic mass is 16.6. The van der Waals surface area contributed by atoms with E-state index in [1.165, 1.54) is 0 Å². The van der Waals surface area contributed by atoms with E-state index in [4.69, 9.17) is 20.1 Å². The minimum absolute atomic E-state index is 0.0177. The Morgan fingerprint density at radius 3 is 2.59 bits per heavy atom. The molecule has 1 atom stereocenters. The molecule has 2 aliphatic heterocycles. The van der Waals surface area contributed by atoms with Gasteiger partial charge in [-0.2, -0.15) is 0 Å². The van der Waals surface area contributed by atoms with Crippen molar-refractivity contribution in [3.8, 4) is 29.1 Å². The molecule has 6 rings (SSSR count). The molecule has 306 valence electrons. The molecule has 2 aliphatic rings. The highest BCUT2D eigenvalue weighted by Crippen LogP contribution is 2.34. The molecule has 17 nitrogen and oxygen atoms in total. The molecular weight excluding hydrogens is 747 g/mol. The number of imide groups is 2. The molecule has 58 heavy (non-hydrogen) atoms. The highest BCUT2D eigenvalue weighted by Gasteiger charge is 2.45. The van der Waals surface area contributed by atoms with E-state index in [-0.39, 0.29) is 30.1 Å². The number of nitrogens with one attached hydrogen (secondary N) is 2. The van der Waals surface area contributed by atoms with Gasteiger partial charge in [-0.1, -0.05) is 43.7 Å². The number of unbranched alkanes of at least 4 members (excludes halogenated alkanes) is 6. The summed E-state index contributed by atoms with van der Waals surface area (Å²) < 4.78 is 12.9. The van der Waals surface area contributed by atoms with E-state index in [1.54, 1.807) is 32.2 Å². The summed E-state index contributed by atoms with van der Waals surface area (Å²) in [4.78, 5) is 73.0. The largest absolute Gasteiger partial charge is 0.490 e. The number of piperidine rings is 1. The molecule has 0 aliphatic carbocycles. The number of aliphatic hydroxyl groups is 1. The number of carbonyl (C=O) groups is 5. The first-order chi connectivity index (χ1) is 27.9. The van der Waals surface area contributed by atoms with Gasteiger partial charge in [-0.25, -0.2) is 14.6 Å². The number of nitrogen functional groups attached to an aromatic ring is 1. The van der Waals surface area contributed by atoms with Crippen LogP contribution in [0.5, 0.6) is 5.75 Å². The van der Waals surface area contributed by atoms with E-state index in [2.05, 4.69) is 37.8 Å². The number of rotatable bonds is 18. The standard InChI is InChI=1S/C41H49N9O8/c1-4-49-35-29(24-44-27(20-21-41(2,3)56)33(35)46-37(49)34-36(42)48-58-47-34)57-23-12-7-5-6-10-17-30(51)43-22-11-8-9-14-25-15-13-16-26-32(25)40(55)50(39(26)54)28-18-19-31(52)45-38(28)53/h13,15-16,24,28,56H,4-12,14,17-19,22-23H2,1-3H3,(H2,42,48)(H,43,51)(H,45,52,53). The number of hydrogen-bond acceptors (Lipinski definition) is 13. The van der Waals surface area contributed by atoms with Crippen molar-refractivity contribution in [3.63, 3.8) is 0 Å². The van der Waals surface area contributed by atoms with Crippen LogP contribution in [-0.2, 0) is 27.3 Å². The van der Waals surface area contributed by atoms with Gasteiger partial charge in [0.1, 0.15) is 28.4 Å². The number of benzene rings is 1. The van der Waals surface area contributed by atoms with Gasteiger partial charge >= 0.3 is 0 Å². The first-order valence-electron chi connectivity index (χ1n) is 19.8. The number of amides is 5. The molecule has 5 heterocycles. The Morgan fingerprint density at radius 2 is 1.84 bits per heavy atom. The van der Waals surface area contributed by atoms with Crippen LogP contribution in [0.25, 0.3) is 22.6 Å². The van der Waals surface area contributed by atoms with Crippen LogP contribution in [0.4, 0.5) is 5.82 Å². The highest BCUT2D eigenvalue weighted by molar-refractivity contribution is 6.24. The van der Waals surface area contributed by atoms with E-state index < -0.39 is 35.3 Å². The van der Waals surface area contributed by atoms with Gasteiger partial charge in [0.2, 0.25) is 17.7 Å². The molecule has 0 radical (unpaired) electrons. The van der Waals surface area contributed by atoms with Gasteiger partial charge in [0.25, 0.3) is 11.8 Å². The molecule has 17 heteroatoms. The maximum Gasteiger partial charge on any atom is 0.262 e. The number of ether oxygens (including phenoxy) is 1. The molecule has 1 aromatic carbocycles. The Kier molecular flexibility index (Phi) is 13.2. The smallest absolute Gasteiger partial charge is 0.262 e. The van der Waals surface area contributed by atoms with Gasteiger partial charge in [-0.15, -0.1) is 0 Å². The Labute approximate surface area is 335 Å². The molecule has 5 amide bonds. The second-order valence-electron chi connectivity index (χ2n) is 15.0. The Hall–Kier alpha value is -6.15. The lowest BCUT2D eigenvalue weighted by molar-refractivity contribution is -0.136. The first kappa shape index (κ1) is 41.5.